The fourth-order valence-electron chi connectivity index (χ4n) is 3.64. The van der Waals surface area contributed by atoms with Gasteiger partial charge < -0.3 is 14.4 Å². The molecule has 3 aromatic carbocycles. The van der Waals surface area contributed by atoms with Crippen LogP contribution < -0.4 is 14.2 Å². The molecule has 0 spiro atoms. The zero-order chi connectivity index (χ0) is 23.4. The molecule has 0 bridgehead atoms. The number of amides is 1. The van der Waals surface area contributed by atoms with E-state index in [-0.39, 0.29) is 10.8 Å². The molecule has 1 heterocycles. The second-order valence-corrected chi connectivity index (χ2v) is 9.48. The number of rotatable bonds is 7. The highest BCUT2D eigenvalue weighted by Gasteiger charge is 2.20. The van der Waals surface area contributed by atoms with Crippen LogP contribution in [0.1, 0.15) is 28.4 Å². The second kappa shape index (κ2) is 9.54. The number of benzene rings is 3. The summed E-state index contributed by atoms with van der Waals surface area (Å²) in [5, 5.41) is 0. The first-order chi connectivity index (χ1) is 15.9. The summed E-state index contributed by atoms with van der Waals surface area (Å²) in [7, 11) is -3.84. The molecule has 1 aliphatic rings. The molecule has 1 N–H and O–H groups in total. The smallest absolute Gasteiger partial charge is 0.261 e. The van der Waals surface area contributed by atoms with Gasteiger partial charge >= 0.3 is 0 Å². The van der Waals surface area contributed by atoms with Gasteiger partial charge in [0, 0.05) is 24.3 Å². The molecule has 1 aliphatic heterocycles. The number of nitrogens with one attached hydrogen (secondary N) is 1. The van der Waals surface area contributed by atoms with Crippen molar-refractivity contribution in [2.24, 2.45) is 0 Å². The molecule has 0 unspecified atom stereocenters. The molecule has 0 aromatic heterocycles. The SMILES string of the molecule is CCN(Cc1ccc2c(c1)OCCO2)C(=O)c1cccc(S(=O)(=O)Nc2cccc(C)c2)c1. The number of sulfonamides is 1. The second-order valence-electron chi connectivity index (χ2n) is 7.80. The molecule has 8 heteroatoms. The Morgan fingerprint density at radius 1 is 0.970 bits per heavy atom. The molecule has 1 amide bonds. The number of fused-ring (bicyclic) bond motifs is 1. The van der Waals surface area contributed by atoms with Crippen LogP contribution in [0.5, 0.6) is 11.5 Å². The summed E-state index contributed by atoms with van der Waals surface area (Å²) in [4.78, 5) is 14.9. The van der Waals surface area contributed by atoms with Crippen LogP contribution in [0.3, 0.4) is 0 Å². The summed E-state index contributed by atoms with van der Waals surface area (Å²) < 4.78 is 39.5. The van der Waals surface area contributed by atoms with E-state index in [0.29, 0.717) is 49.1 Å². The maximum Gasteiger partial charge on any atom is 0.261 e. The van der Waals surface area contributed by atoms with Gasteiger partial charge in [0.2, 0.25) is 0 Å². The first kappa shape index (κ1) is 22.7. The van der Waals surface area contributed by atoms with Crippen LogP contribution in [0.4, 0.5) is 5.69 Å². The van der Waals surface area contributed by atoms with Crippen LogP contribution in [0.15, 0.2) is 71.6 Å². The number of anilines is 1. The lowest BCUT2D eigenvalue weighted by atomic mass is 10.1. The van der Waals surface area contributed by atoms with Crippen LogP contribution in [0.25, 0.3) is 0 Å². The summed E-state index contributed by atoms with van der Waals surface area (Å²) >= 11 is 0. The van der Waals surface area contributed by atoms with Crippen LogP contribution in [-0.4, -0.2) is 39.0 Å². The van der Waals surface area contributed by atoms with E-state index >= 15 is 0 Å². The van der Waals surface area contributed by atoms with E-state index in [9.17, 15) is 13.2 Å². The summed E-state index contributed by atoms with van der Waals surface area (Å²) in [5.41, 5.74) is 2.62. The first-order valence-electron chi connectivity index (χ1n) is 10.7. The van der Waals surface area contributed by atoms with Crippen molar-refractivity contribution in [3.05, 3.63) is 83.4 Å². The average Bonchev–Trinajstić information content (AvgIpc) is 2.82. The van der Waals surface area contributed by atoms with Gasteiger partial charge in [0.25, 0.3) is 15.9 Å². The molecule has 172 valence electrons. The van der Waals surface area contributed by atoms with Gasteiger partial charge in [0.1, 0.15) is 13.2 Å². The van der Waals surface area contributed by atoms with Crippen LogP contribution in [0, 0.1) is 6.92 Å². The maximum atomic E-state index is 13.2. The third-order valence-electron chi connectivity index (χ3n) is 5.31. The highest BCUT2D eigenvalue weighted by Crippen LogP contribution is 2.31. The lowest BCUT2D eigenvalue weighted by molar-refractivity contribution is 0.0752. The monoisotopic (exact) mass is 466 g/mol. The standard InChI is InChI=1S/C25H26N2O5S/c1-3-27(17-19-10-11-23-24(15-19)32-13-12-31-23)25(28)20-7-5-9-22(16-20)33(29,30)26-21-8-4-6-18(2)14-21/h4-11,14-16,26H,3,12-13,17H2,1-2H3. The Labute approximate surface area is 194 Å². The molecule has 0 radical (unpaired) electrons. The summed E-state index contributed by atoms with van der Waals surface area (Å²) in [6.07, 6.45) is 0. The summed E-state index contributed by atoms with van der Waals surface area (Å²) in [6.45, 7) is 5.61. The molecular formula is C25H26N2O5S. The van der Waals surface area contributed by atoms with Crippen molar-refractivity contribution < 1.29 is 22.7 Å². The highest BCUT2D eigenvalue weighted by molar-refractivity contribution is 7.92. The predicted octanol–water partition coefficient (Wildman–Crippen LogP) is 4.23. The normalized spacial score (nSPS) is 12.8. The Morgan fingerprint density at radius 2 is 1.73 bits per heavy atom. The van der Waals surface area contributed by atoms with Crippen molar-refractivity contribution in [2.75, 3.05) is 24.5 Å². The van der Waals surface area contributed by atoms with Gasteiger partial charge in [-0.2, -0.15) is 0 Å². The molecule has 0 saturated heterocycles. The van der Waals surface area contributed by atoms with Gasteiger partial charge in [0.05, 0.1) is 4.90 Å². The zero-order valence-corrected chi connectivity index (χ0v) is 19.4. The largest absolute Gasteiger partial charge is 0.486 e. The minimum atomic E-state index is -3.84. The van der Waals surface area contributed by atoms with Gasteiger partial charge in [0.15, 0.2) is 11.5 Å². The van der Waals surface area contributed by atoms with E-state index in [4.69, 9.17) is 9.47 Å². The van der Waals surface area contributed by atoms with Gasteiger partial charge in [-0.25, -0.2) is 8.42 Å². The Bertz CT molecular complexity index is 1270. The van der Waals surface area contributed by atoms with E-state index in [0.717, 1.165) is 11.1 Å². The Kier molecular flexibility index (Phi) is 6.55. The number of carbonyl (C=O) groups excluding carboxylic acids is 1. The molecular weight excluding hydrogens is 440 g/mol. The minimum Gasteiger partial charge on any atom is -0.486 e. The van der Waals surface area contributed by atoms with Crippen LogP contribution >= 0.6 is 0 Å². The quantitative estimate of drug-likeness (QED) is 0.563. The van der Waals surface area contributed by atoms with Crippen molar-refractivity contribution in [3.8, 4) is 11.5 Å². The Morgan fingerprint density at radius 3 is 2.48 bits per heavy atom. The number of carbonyl (C=O) groups is 1. The minimum absolute atomic E-state index is 0.0326. The number of hydrogen-bond donors (Lipinski definition) is 1. The fraction of sp³-hybridized carbons (Fsp3) is 0.240. The van der Waals surface area contributed by atoms with Crippen molar-refractivity contribution in [2.45, 2.75) is 25.3 Å². The predicted molar refractivity (Wildman–Crippen MR) is 126 cm³/mol. The molecule has 0 saturated carbocycles. The number of hydrogen-bond acceptors (Lipinski definition) is 5. The van der Waals surface area contributed by atoms with Gasteiger partial charge in [-0.1, -0.05) is 24.3 Å². The average molecular weight is 467 g/mol. The molecule has 0 aliphatic carbocycles. The van der Waals surface area contributed by atoms with E-state index < -0.39 is 10.0 Å². The highest BCUT2D eigenvalue weighted by atomic mass is 32.2. The van der Waals surface area contributed by atoms with Crippen molar-refractivity contribution in [1.82, 2.24) is 4.90 Å². The Hall–Kier alpha value is -3.52. The zero-order valence-electron chi connectivity index (χ0n) is 18.6. The van der Waals surface area contributed by atoms with E-state index in [1.165, 1.54) is 12.1 Å². The summed E-state index contributed by atoms with van der Waals surface area (Å²) in [6, 6.07) is 18.8. The van der Waals surface area contributed by atoms with Gasteiger partial charge in [-0.3, -0.25) is 9.52 Å². The van der Waals surface area contributed by atoms with Gasteiger partial charge in [-0.15, -0.1) is 0 Å². The van der Waals surface area contributed by atoms with Crippen molar-refractivity contribution in [1.29, 1.82) is 0 Å². The van der Waals surface area contributed by atoms with E-state index in [1.807, 2.05) is 38.1 Å². The summed E-state index contributed by atoms with van der Waals surface area (Å²) in [5.74, 6) is 1.11. The topological polar surface area (TPSA) is 84.9 Å². The third kappa shape index (κ3) is 5.28. The molecule has 7 nitrogen and oxygen atoms in total. The van der Waals surface area contributed by atoms with Crippen molar-refractivity contribution >= 4 is 21.6 Å². The van der Waals surface area contributed by atoms with Crippen LogP contribution in [0.2, 0.25) is 0 Å². The first-order valence-corrected chi connectivity index (χ1v) is 12.2. The van der Waals surface area contributed by atoms with E-state index in [2.05, 4.69) is 4.72 Å². The Balaban J connectivity index is 1.53. The van der Waals surface area contributed by atoms with Crippen molar-refractivity contribution in [3.63, 3.8) is 0 Å². The van der Waals surface area contributed by atoms with E-state index in [1.54, 1.807) is 35.2 Å². The maximum absolute atomic E-state index is 13.2. The molecule has 0 fully saturated rings. The lowest BCUT2D eigenvalue weighted by Crippen LogP contribution is -2.30. The molecule has 4 rings (SSSR count). The molecule has 33 heavy (non-hydrogen) atoms. The number of ether oxygens (including phenoxy) is 2. The third-order valence-corrected chi connectivity index (χ3v) is 6.69. The fourth-order valence-corrected chi connectivity index (χ4v) is 4.73. The molecule has 0 atom stereocenters. The number of aryl methyl sites for hydroxylation is 1. The number of nitrogens with zero attached hydrogens (tertiary/aromatic N) is 1. The van der Waals surface area contributed by atoms with Gasteiger partial charge in [-0.05, 0) is 67.4 Å². The molecule has 3 aromatic rings. The van der Waals surface area contributed by atoms with Crippen LogP contribution in [-0.2, 0) is 16.6 Å². The lowest BCUT2D eigenvalue weighted by Gasteiger charge is -2.23.